The molecule has 2 aliphatic rings. The fourth-order valence-electron chi connectivity index (χ4n) is 3.67. The molecule has 4 rings (SSSR count). The molecule has 1 saturated heterocycles. The number of hydrogen-bond acceptors (Lipinski definition) is 6. The summed E-state index contributed by atoms with van der Waals surface area (Å²) in [6.45, 7) is 4.21. The third-order valence-corrected chi connectivity index (χ3v) is 5.23. The van der Waals surface area contributed by atoms with Crippen molar-refractivity contribution in [2.24, 2.45) is 18.9 Å². The zero-order valence-electron chi connectivity index (χ0n) is 15.5. The Balaban J connectivity index is 1.64. The van der Waals surface area contributed by atoms with Crippen LogP contribution in [0.15, 0.2) is 53.8 Å². The Morgan fingerprint density at radius 3 is 2.85 bits per heavy atom. The van der Waals surface area contributed by atoms with Crippen LogP contribution in [0.5, 0.6) is 0 Å². The molecule has 140 valence electrons. The molecule has 7 nitrogen and oxygen atoms in total. The molecule has 7 heteroatoms. The Kier molecular flexibility index (Phi) is 4.85. The van der Waals surface area contributed by atoms with E-state index in [4.69, 9.17) is 9.72 Å². The number of morpholine rings is 1. The van der Waals surface area contributed by atoms with Crippen molar-refractivity contribution in [3.63, 3.8) is 0 Å². The van der Waals surface area contributed by atoms with Gasteiger partial charge in [-0.05, 0) is 12.0 Å². The number of aromatic nitrogens is 4. The van der Waals surface area contributed by atoms with Gasteiger partial charge in [0, 0.05) is 38.3 Å². The van der Waals surface area contributed by atoms with Crippen LogP contribution in [0.2, 0.25) is 0 Å². The van der Waals surface area contributed by atoms with Gasteiger partial charge in [0.05, 0.1) is 24.1 Å². The average molecular weight is 365 g/mol. The van der Waals surface area contributed by atoms with E-state index in [0.717, 1.165) is 0 Å². The van der Waals surface area contributed by atoms with Gasteiger partial charge in [-0.3, -0.25) is 9.36 Å². The van der Waals surface area contributed by atoms with Crippen LogP contribution in [0.25, 0.3) is 11.4 Å². The van der Waals surface area contributed by atoms with Crippen LogP contribution >= 0.6 is 0 Å². The van der Waals surface area contributed by atoms with E-state index in [2.05, 4.69) is 46.1 Å². The summed E-state index contributed by atoms with van der Waals surface area (Å²) in [6, 6.07) is 3.27. The number of nitrogens with zero attached hydrogens (tertiary/aromatic N) is 5. The van der Waals surface area contributed by atoms with Gasteiger partial charge >= 0.3 is 0 Å². The third-order valence-electron chi connectivity index (χ3n) is 5.23. The first-order valence-electron chi connectivity index (χ1n) is 9.19. The molecule has 3 atom stereocenters. The maximum atomic E-state index is 12.5. The minimum absolute atomic E-state index is 0.0644. The SMILES string of the molecule is CC1C=CC=CC1[C@@H]1CN(c2nc(-c3ccncn3)cc(=O)n2C)CCO1. The molecule has 0 amide bonds. The molecule has 0 radical (unpaired) electrons. The summed E-state index contributed by atoms with van der Waals surface area (Å²) in [5.41, 5.74) is 1.10. The molecule has 1 aliphatic carbocycles. The lowest BCUT2D eigenvalue weighted by atomic mass is 9.85. The van der Waals surface area contributed by atoms with E-state index in [-0.39, 0.29) is 11.7 Å². The van der Waals surface area contributed by atoms with Crippen LogP contribution in [-0.4, -0.2) is 45.3 Å². The number of rotatable bonds is 3. The molecule has 3 heterocycles. The second-order valence-electron chi connectivity index (χ2n) is 6.99. The Labute approximate surface area is 158 Å². The predicted molar refractivity (Wildman–Crippen MR) is 103 cm³/mol. The van der Waals surface area contributed by atoms with Gasteiger partial charge in [-0.15, -0.1) is 0 Å². The van der Waals surface area contributed by atoms with E-state index < -0.39 is 0 Å². The normalized spacial score (nSPS) is 25.0. The number of allylic oxidation sites excluding steroid dienone is 3. The van der Waals surface area contributed by atoms with E-state index in [1.54, 1.807) is 23.9 Å². The lowest BCUT2D eigenvalue weighted by molar-refractivity contribution is 0.00460. The zero-order chi connectivity index (χ0) is 18.8. The van der Waals surface area contributed by atoms with Gasteiger partial charge in [0.2, 0.25) is 5.95 Å². The molecule has 0 spiro atoms. The summed E-state index contributed by atoms with van der Waals surface area (Å²) in [6.07, 6.45) is 11.8. The Hall–Kier alpha value is -2.80. The summed E-state index contributed by atoms with van der Waals surface area (Å²) in [4.78, 5) is 27.5. The van der Waals surface area contributed by atoms with E-state index in [9.17, 15) is 4.79 Å². The second kappa shape index (κ2) is 7.44. The summed E-state index contributed by atoms with van der Waals surface area (Å²) >= 11 is 0. The van der Waals surface area contributed by atoms with Crippen molar-refractivity contribution in [2.75, 3.05) is 24.6 Å². The summed E-state index contributed by atoms with van der Waals surface area (Å²) in [7, 11) is 1.75. The Morgan fingerprint density at radius 1 is 1.22 bits per heavy atom. The van der Waals surface area contributed by atoms with Crippen molar-refractivity contribution in [3.8, 4) is 11.4 Å². The monoisotopic (exact) mass is 365 g/mol. The van der Waals surface area contributed by atoms with Crippen LogP contribution in [0.4, 0.5) is 5.95 Å². The van der Waals surface area contributed by atoms with E-state index in [0.29, 0.717) is 48.9 Å². The molecule has 1 fully saturated rings. The van der Waals surface area contributed by atoms with Crippen LogP contribution < -0.4 is 10.5 Å². The van der Waals surface area contributed by atoms with Crippen LogP contribution in [0.3, 0.4) is 0 Å². The largest absolute Gasteiger partial charge is 0.374 e. The third kappa shape index (κ3) is 3.55. The number of anilines is 1. The molecule has 0 saturated carbocycles. The highest BCUT2D eigenvalue weighted by Crippen LogP contribution is 2.28. The fourth-order valence-corrected chi connectivity index (χ4v) is 3.67. The van der Waals surface area contributed by atoms with Gasteiger partial charge < -0.3 is 9.64 Å². The van der Waals surface area contributed by atoms with Gasteiger partial charge in [0.25, 0.3) is 5.56 Å². The van der Waals surface area contributed by atoms with Crippen LogP contribution in [-0.2, 0) is 11.8 Å². The first kappa shape index (κ1) is 17.6. The lowest BCUT2D eigenvalue weighted by Crippen LogP contribution is -2.48. The molecule has 27 heavy (non-hydrogen) atoms. The average Bonchev–Trinajstić information content (AvgIpc) is 2.71. The first-order chi connectivity index (χ1) is 13.1. The van der Waals surface area contributed by atoms with Gasteiger partial charge in [0.1, 0.15) is 6.33 Å². The zero-order valence-corrected chi connectivity index (χ0v) is 15.5. The Morgan fingerprint density at radius 2 is 2.07 bits per heavy atom. The van der Waals surface area contributed by atoms with Crippen molar-refractivity contribution >= 4 is 5.95 Å². The van der Waals surface area contributed by atoms with E-state index in [1.807, 2.05) is 0 Å². The Bertz CT molecular complexity index is 922. The summed E-state index contributed by atoms with van der Waals surface area (Å²) in [5.74, 6) is 1.39. The molecule has 1 aliphatic heterocycles. The van der Waals surface area contributed by atoms with E-state index in [1.165, 1.54) is 12.4 Å². The van der Waals surface area contributed by atoms with Crippen molar-refractivity contribution in [1.29, 1.82) is 0 Å². The fraction of sp³-hybridized carbons (Fsp3) is 0.400. The molecular formula is C20H23N5O2. The highest BCUT2D eigenvalue weighted by Gasteiger charge is 2.31. The molecule has 0 N–H and O–H groups in total. The predicted octanol–water partition coefficient (Wildman–Crippen LogP) is 1.82. The van der Waals surface area contributed by atoms with Crippen molar-refractivity contribution in [3.05, 3.63) is 59.3 Å². The first-order valence-corrected chi connectivity index (χ1v) is 9.19. The molecular weight excluding hydrogens is 342 g/mol. The van der Waals surface area contributed by atoms with Crippen molar-refractivity contribution in [1.82, 2.24) is 19.5 Å². The van der Waals surface area contributed by atoms with Gasteiger partial charge in [-0.1, -0.05) is 31.2 Å². The number of hydrogen-bond donors (Lipinski definition) is 0. The van der Waals surface area contributed by atoms with Crippen LogP contribution in [0, 0.1) is 11.8 Å². The topological polar surface area (TPSA) is 73.1 Å². The van der Waals surface area contributed by atoms with E-state index >= 15 is 0 Å². The maximum Gasteiger partial charge on any atom is 0.255 e. The second-order valence-corrected chi connectivity index (χ2v) is 6.99. The van der Waals surface area contributed by atoms with Crippen molar-refractivity contribution < 1.29 is 4.74 Å². The highest BCUT2D eigenvalue weighted by molar-refractivity contribution is 5.55. The molecule has 0 aromatic carbocycles. The quantitative estimate of drug-likeness (QED) is 0.826. The molecule has 2 unspecified atom stereocenters. The van der Waals surface area contributed by atoms with Gasteiger partial charge in [0.15, 0.2) is 0 Å². The standard InChI is InChI=1S/C20H23N5O2/c1-14-5-3-4-6-15(14)18-12-25(9-10-27-18)20-23-17(11-19(26)24(20)2)16-7-8-21-13-22-16/h3-8,11,13-15,18H,9-10,12H2,1-2H3/t14?,15?,18-/m0/s1. The van der Waals surface area contributed by atoms with Gasteiger partial charge in [-0.25, -0.2) is 15.0 Å². The maximum absolute atomic E-state index is 12.5. The van der Waals surface area contributed by atoms with Crippen LogP contribution in [0.1, 0.15) is 6.92 Å². The minimum atomic E-state index is -0.106. The smallest absolute Gasteiger partial charge is 0.255 e. The highest BCUT2D eigenvalue weighted by atomic mass is 16.5. The lowest BCUT2D eigenvalue weighted by Gasteiger charge is -2.39. The van der Waals surface area contributed by atoms with Crippen molar-refractivity contribution in [2.45, 2.75) is 13.0 Å². The molecule has 2 aromatic rings. The van der Waals surface area contributed by atoms with Gasteiger partial charge in [-0.2, -0.15) is 0 Å². The molecule has 2 aromatic heterocycles. The molecule has 0 bridgehead atoms. The number of ether oxygens (including phenoxy) is 1. The summed E-state index contributed by atoms with van der Waals surface area (Å²) < 4.78 is 7.65. The summed E-state index contributed by atoms with van der Waals surface area (Å²) in [5, 5.41) is 0. The minimum Gasteiger partial charge on any atom is -0.374 e.